The molecule has 22 heavy (non-hydrogen) atoms. The van der Waals surface area contributed by atoms with Crippen molar-refractivity contribution in [3.05, 3.63) is 48.0 Å². The highest BCUT2D eigenvalue weighted by Crippen LogP contribution is 2.36. The quantitative estimate of drug-likeness (QED) is 0.381. The average molecular weight is 302 g/mol. The Balaban J connectivity index is 0.000000162. The number of phenolic OH excluding ortho intramolecular Hbond substituents is 2. The molecular weight excluding hydrogens is 288 g/mol. The fraction of sp³-hybridized carbons (Fsp3) is 0. The molecule has 1 aromatic heterocycles. The first-order chi connectivity index (χ1) is 10.4. The van der Waals surface area contributed by atoms with Gasteiger partial charge in [-0.05, 0) is 24.3 Å². The summed E-state index contributed by atoms with van der Waals surface area (Å²) < 4.78 is 0. The van der Waals surface area contributed by atoms with Crippen molar-refractivity contribution in [2.24, 2.45) is 0 Å². The zero-order chi connectivity index (χ0) is 16.3. The summed E-state index contributed by atoms with van der Waals surface area (Å²) in [6, 6.07) is 11.9. The van der Waals surface area contributed by atoms with Gasteiger partial charge in [0.05, 0.1) is 0 Å². The number of carboxylic acid groups (broad SMARTS) is 1. The number of nitrogen functional groups attached to an aromatic ring is 1. The van der Waals surface area contributed by atoms with Crippen LogP contribution in [-0.4, -0.2) is 31.4 Å². The lowest BCUT2D eigenvalue weighted by Gasteiger charge is -2.02. The lowest BCUT2D eigenvalue weighted by molar-refractivity contribution is 0.0693. The van der Waals surface area contributed by atoms with Gasteiger partial charge in [0.15, 0.2) is 11.5 Å². The van der Waals surface area contributed by atoms with Gasteiger partial charge in [0.25, 0.3) is 0 Å². The van der Waals surface area contributed by atoms with Gasteiger partial charge in [-0.25, -0.2) is 4.79 Å². The molecule has 0 amide bonds. The van der Waals surface area contributed by atoms with Gasteiger partial charge in [0, 0.05) is 10.9 Å². The highest BCUT2D eigenvalue weighted by Gasteiger charge is 2.15. The molecule has 2 aromatic carbocycles. The maximum Gasteiger partial charge on any atom is 0.339 e. The number of aromatic hydroxyl groups is 3. The fourth-order valence-electron chi connectivity index (χ4n) is 1.84. The number of rotatable bonds is 1. The van der Waals surface area contributed by atoms with Crippen LogP contribution in [-0.2, 0) is 0 Å². The van der Waals surface area contributed by atoms with Gasteiger partial charge in [-0.2, -0.15) is 0 Å². The SMILES string of the molecule is Nc1cc2ccccc2[nH]1.O=C(O)c1ccc(O)c(O)c1O. The van der Waals surface area contributed by atoms with Gasteiger partial charge < -0.3 is 31.1 Å². The maximum atomic E-state index is 10.3. The van der Waals surface area contributed by atoms with E-state index >= 15 is 0 Å². The summed E-state index contributed by atoms with van der Waals surface area (Å²) in [5.74, 6) is -2.86. The molecule has 0 radical (unpaired) electrons. The summed E-state index contributed by atoms with van der Waals surface area (Å²) in [7, 11) is 0. The van der Waals surface area contributed by atoms with E-state index in [1.165, 1.54) is 5.39 Å². The van der Waals surface area contributed by atoms with Crippen LogP contribution in [0.15, 0.2) is 42.5 Å². The molecule has 0 unspecified atom stereocenters. The van der Waals surface area contributed by atoms with Crippen molar-refractivity contribution in [2.45, 2.75) is 0 Å². The van der Waals surface area contributed by atoms with E-state index < -0.39 is 28.8 Å². The Morgan fingerprint density at radius 2 is 1.68 bits per heavy atom. The molecule has 0 spiro atoms. The molecule has 0 aliphatic carbocycles. The number of aromatic amines is 1. The lowest BCUT2D eigenvalue weighted by atomic mass is 10.2. The van der Waals surface area contributed by atoms with Crippen molar-refractivity contribution >= 4 is 22.7 Å². The zero-order valence-corrected chi connectivity index (χ0v) is 11.3. The third-order valence-electron chi connectivity index (χ3n) is 2.91. The van der Waals surface area contributed by atoms with Gasteiger partial charge in [0.1, 0.15) is 11.4 Å². The minimum Gasteiger partial charge on any atom is -0.504 e. The van der Waals surface area contributed by atoms with Crippen LogP contribution >= 0.6 is 0 Å². The number of hydrogen-bond donors (Lipinski definition) is 6. The molecule has 0 aliphatic rings. The molecule has 3 aromatic rings. The predicted octanol–water partition coefficient (Wildman–Crippen LogP) is 2.25. The van der Waals surface area contributed by atoms with E-state index in [4.69, 9.17) is 26.2 Å². The summed E-state index contributed by atoms with van der Waals surface area (Å²) in [6.45, 7) is 0. The normalized spacial score (nSPS) is 10.0. The van der Waals surface area contributed by atoms with Crippen LogP contribution in [0, 0.1) is 0 Å². The molecule has 0 fully saturated rings. The number of benzene rings is 2. The second kappa shape index (κ2) is 5.96. The number of nitrogens with one attached hydrogen (secondary N) is 1. The van der Waals surface area contributed by atoms with Crippen LogP contribution < -0.4 is 5.73 Å². The predicted molar refractivity (Wildman–Crippen MR) is 81.1 cm³/mol. The molecule has 3 rings (SSSR count). The molecule has 7 N–H and O–H groups in total. The Kier molecular flexibility index (Phi) is 4.08. The van der Waals surface area contributed by atoms with Crippen LogP contribution in [0.5, 0.6) is 17.2 Å². The second-order valence-corrected chi connectivity index (χ2v) is 4.45. The molecule has 7 nitrogen and oxygen atoms in total. The molecule has 0 bridgehead atoms. The third-order valence-corrected chi connectivity index (χ3v) is 2.91. The molecule has 0 saturated heterocycles. The highest BCUT2D eigenvalue weighted by atomic mass is 16.4. The maximum absolute atomic E-state index is 10.3. The average Bonchev–Trinajstić information content (AvgIpc) is 2.85. The van der Waals surface area contributed by atoms with Gasteiger partial charge in [-0.3, -0.25) is 0 Å². The van der Waals surface area contributed by atoms with E-state index in [0.29, 0.717) is 0 Å². The van der Waals surface area contributed by atoms with Crippen LogP contribution in [0.4, 0.5) is 5.82 Å². The molecule has 0 atom stereocenters. The van der Waals surface area contributed by atoms with E-state index in [2.05, 4.69) is 4.98 Å². The Bertz CT molecular complexity index is 793. The van der Waals surface area contributed by atoms with Gasteiger partial charge in [0.2, 0.25) is 5.75 Å². The Labute approximate surface area is 124 Å². The van der Waals surface area contributed by atoms with Gasteiger partial charge >= 0.3 is 5.97 Å². The molecule has 114 valence electrons. The molecule has 1 heterocycles. The van der Waals surface area contributed by atoms with Gasteiger partial charge in [-0.1, -0.05) is 18.2 Å². The largest absolute Gasteiger partial charge is 0.504 e. The first kappa shape index (κ1) is 15.0. The molecule has 0 saturated carbocycles. The first-order valence-electron chi connectivity index (χ1n) is 6.20. The van der Waals surface area contributed by atoms with Crippen molar-refractivity contribution in [2.75, 3.05) is 5.73 Å². The Morgan fingerprint density at radius 3 is 2.32 bits per heavy atom. The van der Waals surface area contributed by atoms with E-state index in [0.717, 1.165) is 23.5 Å². The molecule has 0 aliphatic heterocycles. The van der Waals surface area contributed by atoms with E-state index in [1.807, 2.05) is 30.3 Å². The smallest absolute Gasteiger partial charge is 0.339 e. The highest BCUT2D eigenvalue weighted by molar-refractivity contribution is 5.92. The minimum absolute atomic E-state index is 0.453. The number of H-pyrrole nitrogens is 1. The van der Waals surface area contributed by atoms with E-state index in [1.54, 1.807) is 0 Å². The van der Waals surface area contributed by atoms with Crippen molar-refractivity contribution in [1.29, 1.82) is 0 Å². The minimum atomic E-state index is -1.37. The summed E-state index contributed by atoms with van der Waals surface area (Å²) in [5, 5.41) is 36.2. The molecular formula is C15H14N2O5. The summed E-state index contributed by atoms with van der Waals surface area (Å²) >= 11 is 0. The topological polar surface area (TPSA) is 140 Å². The number of carboxylic acids is 1. The first-order valence-corrected chi connectivity index (χ1v) is 6.20. The van der Waals surface area contributed by atoms with Crippen molar-refractivity contribution in [3.8, 4) is 17.2 Å². The number of phenols is 3. The number of anilines is 1. The van der Waals surface area contributed by atoms with Crippen molar-refractivity contribution < 1.29 is 25.2 Å². The number of aromatic nitrogens is 1. The standard InChI is InChI=1S/C8H8N2.C7H6O5/c9-8-5-6-3-1-2-4-7(6)10-8;8-4-2-1-3(7(11)12)5(9)6(4)10/h1-5,10H,9H2;1-2,8-10H,(H,11,12). The number of para-hydroxylation sites is 1. The van der Waals surface area contributed by atoms with E-state index in [-0.39, 0.29) is 0 Å². The molecule has 7 heteroatoms. The number of nitrogens with two attached hydrogens (primary N) is 1. The van der Waals surface area contributed by atoms with Crippen molar-refractivity contribution in [3.63, 3.8) is 0 Å². The number of aromatic carboxylic acids is 1. The van der Waals surface area contributed by atoms with Crippen molar-refractivity contribution in [1.82, 2.24) is 4.98 Å². The van der Waals surface area contributed by atoms with Gasteiger partial charge in [-0.15, -0.1) is 0 Å². The monoisotopic (exact) mass is 302 g/mol. The summed E-state index contributed by atoms with van der Waals surface area (Å²) in [5.41, 5.74) is 6.18. The Morgan fingerprint density at radius 1 is 1.00 bits per heavy atom. The van der Waals surface area contributed by atoms with E-state index in [9.17, 15) is 4.79 Å². The second-order valence-electron chi connectivity index (χ2n) is 4.45. The number of carbonyl (C=O) groups is 1. The zero-order valence-electron chi connectivity index (χ0n) is 11.3. The lowest BCUT2D eigenvalue weighted by Crippen LogP contribution is -1.96. The van der Waals surface area contributed by atoms with Crippen LogP contribution in [0.25, 0.3) is 10.9 Å². The fourth-order valence-corrected chi connectivity index (χ4v) is 1.84. The third kappa shape index (κ3) is 3.04. The Hall–Kier alpha value is -3.35. The number of fused-ring (bicyclic) bond motifs is 1. The number of hydrogen-bond acceptors (Lipinski definition) is 5. The van der Waals surface area contributed by atoms with Crippen LogP contribution in [0.1, 0.15) is 10.4 Å². The summed E-state index contributed by atoms with van der Waals surface area (Å²) in [6.07, 6.45) is 0. The van der Waals surface area contributed by atoms with Crippen LogP contribution in [0.3, 0.4) is 0 Å². The summed E-state index contributed by atoms with van der Waals surface area (Å²) in [4.78, 5) is 13.4. The van der Waals surface area contributed by atoms with Crippen LogP contribution in [0.2, 0.25) is 0 Å².